The fourth-order valence-corrected chi connectivity index (χ4v) is 3.24. The first kappa shape index (κ1) is 14.3. The van der Waals surface area contributed by atoms with E-state index in [9.17, 15) is 0 Å². The molecule has 21 heavy (non-hydrogen) atoms. The van der Waals surface area contributed by atoms with E-state index in [0.717, 1.165) is 24.5 Å². The highest BCUT2D eigenvalue weighted by Gasteiger charge is 2.21. The van der Waals surface area contributed by atoms with Gasteiger partial charge in [-0.25, -0.2) is 0 Å². The second-order valence-electron chi connectivity index (χ2n) is 6.08. The van der Waals surface area contributed by atoms with Gasteiger partial charge < -0.3 is 9.88 Å². The van der Waals surface area contributed by atoms with Crippen LogP contribution in [0.2, 0.25) is 0 Å². The fourth-order valence-electron chi connectivity index (χ4n) is 3.24. The van der Waals surface area contributed by atoms with Crippen LogP contribution >= 0.6 is 0 Å². The summed E-state index contributed by atoms with van der Waals surface area (Å²) >= 11 is 0. The maximum Gasteiger partial charge on any atom is 0.0643 e. The third kappa shape index (κ3) is 3.35. The molecular weight excluding hydrogens is 258 g/mol. The predicted molar refractivity (Wildman–Crippen MR) is 86.5 cm³/mol. The highest BCUT2D eigenvalue weighted by atomic mass is 15.0. The number of nitrogens with one attached hydrogen (secondary N) is 1. The highest BCUT2D eigenvalue weighted by Crippen LogP contribution is 2.30. The molecule has 1 atom stereocenters. The van der Waals surface area contributed by atoms with E-state index in [1.165, 1.54) is 36.8 Å². The summed E-state index contributed by atoms with van der Waals surface area (Å²) in [5.41, 5.74) is 5.25. The highest BCUT2D eigenvalue weighted by molar-refractivity contribution is 5.30. The van der Waals surface area contributed by atoms with Crippen molar-refractivity contribution in [2.75, 3.05) is 6.54 Å². The van der Waals surface area contributed by atoms with Gasteiger partial charge in [0.1, 0.15) is 0 Å². The molecule has 1 aliphatic rings. The predicted octanol–water partition coefficient (Wildman–Crippen LogP) is 3.62. The van der Waals surface area contributed by atoms with Crippen LogP contribution in [0.25, 0.3) is 0 Å². The van der Waals surface area contributed by atoms with Crippen LogP contribution < -0.4 is 5.32 Å². The number of nitrogens with zero attached hydrogens (tertiary/aromatic N) is 2. The number of hydrogen-bond donors (Lipinski definition) is 1. The average molecular weight is 283 g/mol. The number of aryl methyl sites for hydroxylation is 2. The van der Waals surface area contributed by atoms with Crippen molar-refractivity contribution >= 4 is 0 Å². The van der Waals surface area contributed by atoms with Crippen LogP contribution in [0.15, 0.2) is 30.6 Å². The molecule has 0 saturated heterocycles. The van der Waals surface area contributed by atoms with Gasteiger partial charge in [0.2, 0.25) is 0 Å². The summed E-state index contributed by atoms with van der Waals surface area (Å²) in [5.74, 6) is 0. The number of rotatable bonds is 5. The van der Waals surface area contributed by atoms with Crippen molar-refractivity contribution < 1.29 is 0 Å². The van der Waals surface area contributed by atoms with Gasteiger partial charge in [-0.2, -0.15) is 0 Å². The first-order valence-electron chi connectivity index (χ1n) is 8.10. The van der Waals surface area contributed by atoms with Crippen LogP contribution in [0.5, 0.6) is 0 Å². The Morgan fingerprint density at radius 1 is 1.33 bits per heavy atom. The Labute approximate surface area is 127 Å². The molecule has 112 valence electrons. The van der Waals surface area contributed by atoms with Crippen molar-refractivity contribution in [3.05, 3.63) is 53.1 Å². The Morgan fingerprint density at radius 2 is 2.24 bits per heavy atom. The standard InChI is InChI=1S/C18H25N3/c1-3-10-19-18-9-5-7-15-11-21(13-17(15)18)12-16-8-4-6-14(2)20-16/h4,6,8,11,13,18-19H,3,5,7,9-10,12H2,1-2H3. The van der Waals surface area contributed by atoms with E-state index >= 15 is 0 Å². The van der Waals surface area contributed by atoms with Crippen molar-refractivity contribution in [1.29, 1.82) is 0 Å². The smallest absolute Gasteiger partial charge is 0.0643 e. The Balaban J connectivity index is 1.78. The van der Waals surface area contributed by atoms with Crippen molar-refractivity contribution in [3.8, 4) is 0 Å². The number of pyridine rings is 1. The van der Waals surface area contributed by atoms with Crippen LogP contribution in [0.4, 0.5) is 0 Å². The van der Waals surface area contributed by atoms with Gasteiger partial charge in [-0.05, 0) is 62.4 Å². The van der Waals surface area contributed by atoms with Gasteiger partial charge in [0, 0.05) is 24.1 Å². The fraction of sp³-hybridized carbons (Fsp3) is 0.500. The van der Waals surface area contributed by atoms with Gasteiger partial charge in [0.15, 0.2) is 0 Å². The molecule has 3 rings (SSSR count). The summed E-state index contributed by atoms with van der Waals surface area (Å²) in [5, 5.41) is 3.68. The molecule has 1 aliphatic carbocycles. The lowest BCUT2D eigenvalue weighted by atomic mass is 9.91. The summed E-state index contributed by atoms with van der Waals surface area (Å²) < 4.78 is 2.30. The summed E-state index contributed by atoms with van der Waals surface area (Å²) in [7, 11) is 0. The van der Waals surface area contributed by atoms with Crippen LogP contribution in [-0.2, 0) is 13.0 Å². The van der Waals surface area contributed by atoms with E-state index in [0.29, 0.717) is 6.04 Å². The molecule has 3 nitrogen and oxygen atoms in total. The maximum atomic E-state index is 4.61. The molecule has 0 bridgehead atoms. The Kier molecular flexibility index (Phi) is 4.39. The van der Waals surface area contributed by atoms with Crippen molar-refractivity contribution in [1.82, 2.24) is 14.9 Å². The molecule has 3 heteroatoms. The minimum atomic E-state index is 0.542. The topological polar surface area (TPSA) is 29.9 Å². The van der Waals surface area contributed by atoms with Crippen molar-refractivity contribution in [3.63, 3.8) is 0 Å². The van der Waals surface area contributed by atoms with Gasteiger partial charge in [0.25, 0.3) is 0 Å². The molecule has 2 aromatic rings. The number of aromatic nitrogens is 2. The molecule has 1 unspecified atom stereocenters. The summed E-state index contributed by atoms with van der Waals surface area (Å²) in [4.78, 5) is 4.61. The largest absolute Gasteiger partial charge is 0.348 e. The Bertz CT molecular complexity index is 600. The third-order valence-corrected chi connectivity index (χ3v) is 4.24. The molecule has 0 amide bonds. The molecule has 0 aliphatic heterocycles. The molecule has 2 aromatic heterocycles. The van der Waals surface area contributed by atoms with Crippen LogP contribution in [0, 0.1) is 6.92 Å². The van der Waals surface area contributed by atoms with E-state index in [1.54, 1.807) is 0 Å². The molecule has 0 spiro atoms. The zero-order valence-electron chi connectivity index (χ0n) is 13.1. The molecule has 0 fully saturated rings. The average Bonchev–Trinajstić information content (AvgIpc) is 2.88. The van der Waals surface area contributed by atoms with Gasteiger partial charge in [-0.15, -0.1) is 0 Å². The number of hydrogen-bond acceptors (Lipinski definition) is 2. The summed E-state index contributed by atoms with van der Waals surface area (Å²) in [6.45, 7) is 6.25. The maximum absolute atomic E-state index is 4.61. The normalized spacial score (nSPS) is 17.7. The Hall–Kier alpha value is -1.61. The monoisotopic (exact) mass is 283 g/mol. The van der Waals surface area contributed by atoms with Gasteiger partial charge in [0.05, 0.1) is 12.2 Å². The molecule has 1 N–H and O–H groups in total. The van der Waals surface area contributed by atoms with E-state index in [2.05, 4.69) is 59.3 Å². The zero-order valence-corrected chi connectivity index (χ0v) is 13.1. The third-order valence-electron chi connectivity index (χ3n) is 4.24. The second-order valence-corrected chi connectivity index (χ2v) is 6.08. The van der Waals surface area contributed by atoms with Crippen LogP contribution in [-0.4, -0.2) is 16.1 Å². The van der Waals surface area contributed by atoms with Crippen LogP contribution in [0.3, 0.4) is 0 Å². The molecule has 0 saturated carbocycles. The van der Waals surface area contributed by atoms with Crippen LogP contribution in [0.1, 0.15) is 54.7 Å². The summed E-state index contributed by atoms with van der Waals surface area (Å²) in [6, 6.07) is 6.79. The lowest BCUT2D eigenvalue weighted by Gasteiger charge is -2.23. The van der Waals surface area contributed by atoms with Crippen molar-refractivity contribution in [2.45, 2.75) is 52.1 Å². The van der Waals surface area contributed by atoms with E-state index in [-0.39, 0.29) is 0 Å². The van der Waals surface area contributed by atoms with Crippen molar-refractivity contribution in [2.24, 2.45) is 0 Å². The number of fused-ring (bicyclic) bond motifs is 1. The first-order valence-corrected chi connectivity index (χ1v) is 8.10. The van der Waals surface area contributed by atoms with E-state index in [4.69, 9.17) is 0 Å². The minimum Gasteiger partial charge on any atom is -0.348 e. The Morgan fingerprint density at radius 3 is 3.05 bits per heavy atom. The van der Waals surface area contributed by atoms with Gasteiger partial charge in [-0.3, -0.25) is 4.98 Å². The minimum absolute atomic E-state index is 0.542. The summed E-state index contributed by atoms with van der Waals surface area (Å²) in [6.07, 6.45) is 9.61. The van der Waals surface area contributed by atoms with Gasteiger partial charge in [-0.1, -0.05) is 13.0 Å². The molecule has 0 aromatic carbocycles. The first-order chi connectivity index (χ1) is 10.3. The zero-order chi connectivity index (χ0) is 14.7. The lowest BCUT2D eigenvalue weighted by molar-refractivity contribution is 0.462. The van der Waals surface area contributed by atoms with E-state index < -0.39 is 0 Å². The van der Waals surface area contributed by atoms with Gasteiger partial charge >= 0.3 is 0 Å². The molecule has 2 heterocycles. The second kappa shape index (κ2) is 6.44. The molecule has 0 radical (unpaired) electrons. The van der Waals surface area contributed by atoms with E-state index in [1.807, 2.05) is 0 Å². The quantitative estimate of drug-likeness (QED) is 0.908. The molecular formula is C18H25N3. The SMILES string of the molecule is CCCNC1CCCc2cn(Cc3cccc(C)n3)cc21. The lowest BCUT2D eigenvalue weighted by Crippen LogP contribution is -2.24.